The van der Waals surface area contributed by atoms with Gasteiger partial charge in [-0.25, -0.2) is 18.5 Å². The summed E-state index contributed by atoms with van der Waals surface area (Å²) in [7, 11) is -4.83. The van der Waals surface area contributed by atoms with Gasteiger partial charge in [0, 0.05) is 6.07 Å². The summed E-state index contributed by atoms with van der Waals surface area (Å²) in [4.78, 5) is 14.9. The molecule has 0 spiro atoms. The number of fused-ring (bicyclic) bond motifs is 2. The minimum atomic E-state index is -4.83. The lowest BCUT2D eigenvalue weighted by atomic mass is 9.96. The van der Waals surface area contributed by atoms with Crippen molar-refractivity contribution in [1.82, 2.24) is 14.6 Å². The van der Waals surface area contributed by atoms with Crippen LogP contribution in [0.5, 0.6) is 5.75 Å². The number of phosphoric ester groups is 1. The van der Waals surface area contributed by atoms with Crippen molar-refractivity contribution < 1.29 is 41.8 Å². The summed E-state index contributed by atoms with van der Waals surface area (Å²) in [6.07, 6.45) is 17.8. The number of halogens is 1. The third kappa shape index (κ3) is 12.7. The van der Waals surface area contributed by atoms with Gasteiger partial charge in [0.15, 0.2) is 11.6 Å². The first kappa shape index (κ1) is 45.4. The van der Waals surface area contributed by atoms with E-state index >= 15 is 0 Å². The van der Waals surface area contributed by atoms with E-state index in [9.17, 15) is 24.4 Å². The predicted molar refractivity (Wildman–Crippen MR) is 215 cm³/mol. The zero-order valence-corrected chi connectivity index (χ0v) is 35.0. The van der Waals surface area contributed by atoms with Gasteiger partial charge in [-0.2, -0.15) is 15.6 Å². The van der Waals surface area contributed by atoms with Crippen molar-refractivity contribution in [2.24, 2.45) is 0 Å². The van der Waals surface area contributed by atoms with Gasteiger partial charge in [0.1, 0.15) is 60.5 Å². The zero-order valence-electron chi connectivity index (χ0n) is 34.2. The third-order valence-electron chi connectivity index (χ3n) is 10.8. The second-order valence-electron chi connectivity index (χ2n) is 15.9. The minimum absolute atomic E-state index is 0.0774. The average molecular weight is 827 g/mol. The molecule has 2 aliphatic heterocycles. The molecule has 5 rings (SSSR count). The van der Waals surface area contributed by atoms with Crippen LogP contribution in [0, 0.1) is 28.5 Å². The van der Waals surface area contributed by atoms with Crippen LogP contribution in [0.15, 0.2) is 36.7 Å². The molecule has 2 saturated heterocycles. The maximum Gasteiger partial charge on any atom is 0.472 e. The summed E-state index contributed by atoms with van der Waals surface area (Å²) in [5, 5.41) is 24.1. The van der Waals surface area contributed by atoms with E-state index < -0.39 is 56.1 Å². The first-order valence-electron chi connectivity index (χ1n) is 20.9. The standard InChI is InChI=1S/C42H60FN6O8P/c1-4-5-6-7-8-9-10-11-12-13-14-15-16-17-18-19-20-33(54-34-24-31(26-44)23-32(43)25-34)27-52-58(50,51)53-29-42(28-45)39-38(55-41(2,3)57-39)37(56-42)35-21-22-36-40(46)47-30-48-49(35)36/h21-25,30,33,37-39H,4-20,27,29H2,1-3H3,(H,50,51)(H2,46,47,48)/t33-,37-,38-,39-,42+/m0/s1. The van der Waals surface area contributed by atoms with Crippen molar-refractivity contribution in [2.75, 3.05) is 18.9 Å². The van der Waals surface area contributed by atoms with Gasteiger partial charge < -0.3 is 29.6 Å². The molecule has 4 heterocycles. The fourth-order valence-corrected chi connectivity index (χ4v) is 8.55. The van der Waals surface area contributed by atoms with Gasteiger partial charge in [-0.3, -0.25) is 9.05 Å². The number of rotatable bonds is 26. The number of ether oxygens (including phenoxy) is 4. The third-order valence-corrected chi connectivity index (χ3v) is 11.7. The summed E-state index contributed by atoms with van der Waals surface area (Å²) in [5.74, 6) is -1.42. The molecule has 2 fully saturated rings. The molecule has 14 nitrogen and oxygen atoms in total. The molecular weight excluding hydrogens is 766 g/mol. The highest BCUT2D eigenvalue weighted by atomic mass is 31.2. The summed E-state index contributed by atoms with van der Waals surface area (Å²) >= 11 is 0. The molecule has 0 saturated carbocycles. The van der Waals surface area contributed by atoms with Gasteiger partial charge in [-0.1, -0.05) is 103 Å². The number of hydrogen-bond donors (Lipinski definition) is 2. The highest BCUT2D eigenvalue weighted by molar-refractivity contribution is 7.47. The van der Waals surface area contributed by atoms with E-state index in [2.05, 4.69) is 23.1 Å². The fourth-order valence-electron chi connectivity index (χ4n) is 7.76. The molecule has 0 amide bonds. The quantitative estimate of drug-likeness (QED) is 0.0574. The second-order valence-corrected chi connectivity index (χ2v) is 17.4. The van der Waals surface area contributed by atoms with Gasteiger partial charge in [-0.05, 0) is 51.0 Å². The molecule has 0 radical (unpaired) electrons. The van der Waals surface area contributed by atoms with Crippen molar-refractivity contribution in [3.63, 3.8) is 0 Å². The van der Waals surface area contributed by atoms with E-state index in [0.29, 0.717) is 17.6 Å². The monoisotopic (exact) mass is 826 g/mol. The Morgan fingerprint density at radius 1 is 0.931 bits per heavy atom. The zero-order chi connectivity index (χ0) is 41.6. The minimum Gasteiger partial charge on any atom is -0.488 e. The highest BCUT2D eigenvalue weighted by Crippen LogP contribution is 2.52. The van der Waals surface area contributed by atoms with Crippen LogP contribution < -0.4 is 10.5 Å². The summed E-state index contributed by atoms with van der Waals surface area (Å²) in [6, 6.07) is 11.1. The van der Waals surface area contributed by atoms with Crippen molar-refractivity contribution >= 4 is 19.2 Å². The number of aromatic nitrogens is 3. The topological polar surface area (TPSA) is 196 Å². The van der Waals surface area contributed by atoms with Crippen molar-refractivity contribution in [3.05, 3.63) is 53.7 Å². The van der Waals surface area contributed by atoms with Crippen molar-refractivity contribution in [3.8, 4) is 17.9 Å². The molecule has 318 valence electrons. The Balaban J connectivity index is 1.12. The lowest BCUT2D eigenvalue weighted by molar-refractivity contribution is -0.204. The molecule has 0 aliphatic carbocycles. The number of unbranched alkanes of at least 4 members (excludes halogenated alkanes) is 15. The molecule has 3 N–H and O–H groups in total. The average Bonchev–Trinajstić information content (AvgIpc) is 3.86. The predicted octanol–water partition coefficient (Wildman–Crippen LogP) is 9.41. The van der Waals surface area contributed by atoms with Crippen LogP contribution in [0.3, 0.4) is 0 Å². The Hall–Kier alpha value is -3.66. The summed E-state index contributed by atoms with van der Waals surface area (Å²) < 4.78 is 64.7. The Bertz CT molecular complexity index is 1900. The van der Waals surface area contributed by atoms with E-state index in [1.54, 1.807) is 26.0 Å². The summed E-state index contributed by atoms with van der Waals surface area (Å²) in [6.45, 7) is 4.55. The molecular formula is C42H60FN6O8P. The highest BCUT2D eigenvalue weighted by Gasteiger charge is 2.65. The van der Waals surface area contributed by atoms with E-state index in [0.717, 1.165) is 37.8 Å². The fraction of sp³-hybridized carbons (Fsp3) is 0.667. The Kier molecular flexibility index (Phi) is 16.9. The van der Waals surface area contributed by atoms with Crippen LogP contribution in [0.2, 0.25) is 0 Å². The number of nitrogens with two attached hydrogens (primary N) is 1. The van der Waals surface area contributed by atoms with Crippen LogP contribution in [-0.2, 0) is 27.8 Å². The molecule has 1 aromatic carbocycles. The van der Waals surface area contributed by atoms with E-state index in [4.69, 9.17) is 33.7 Å². The molecule has 6 atom stereocenters. The SMILES string of the molecule is CCCCCCCCCCCCCCCCCC[C@@H](COP(=O)(O)OC[C@@]1(C#N)O[C@@H](c2ccc3c(N)ncnn23)[C@@H]2OC(C)(C)O[C@@H]21)Oc1cc(F)cc(C#N)c1. The van der Waals surface area contributed by atoms with Crippen molar-refractivity contribution in [1.29, 1.82) is 10.5 Å². The van der Waals surface area contributed by atoms with Gasteiger partial charge in [0.25, 0.3) is 0 Å². The number of anilines is 1. The van der Waals surface area contributed by atoms with Gasteiger partial charge >= 0.3 is 7.82 Å². The van der Waals surface area contributed by atoms with Crippen LogP contribution in [0.4, 0.5) is 10.2 Å². The lowest BCUT2D eigenvalue weighted by Crippen LogP contribution is -2.45. The largest absolute Gasteiger partial charge is 0.488 e. The van der Waals surface area contributed by atoms with Crippen LogP contribution >= 0.6 is 7.82 Å². The first-order valence-corrected chi connectivity index (χ1v) is 22.4. The number of phosphoric acid groups is 1. The van der Waals surface area contributed by atoms with Crippen molar-refractivity contribution in [2.45, 2.75) is 166 Å². The number of nitrogen functional groups attached to an aromatic ring is 1. The second kappa shape index (κ2) is 21.6. The summed E-state index contributed by atoms with van der Waals surface area (Å²) in [5.41, 5.74) is 5.26. The molecule has 0 bridgehead atoms. The number of nitriles is 2. The molecule has 2 aromatic heterocycles. The first-order chi connectivity index (χ1) is 27.9. The Labute approximate surface area is 341 Å². The molecule has 16 heteroatoms. The molecule has 1 unspecified atom stereocenters. The number of nitrogens with zero attached hydrogens (tertiary/aromatic N) is 5. The molecule has 58 heavy (non-hydrogen) atoms. The lowest BCUT2D eigenvalue weighted by Gasteiger charge is -2.29. The molecule has 3 aromatic rings. The van der Waals surface area contributed by atoms with Crippen LogP contribution in [0.1, 0.15) is 147 Å². The van der Waals surface area contributed by atoms with Crippen LogP contribution in [-0.4, -0.2) is 62.4 Å². The normalized spacial score (nSPS) is 22.6. The van der Waals surface area contributed by atoms with E-state index in [1.807, 2.05) is 6.07 Å². The van der Waals surface area contributed by atoms with Gasteiger partial charge in [-0.15, -0.1) is 0 Å². The smallest absolute Gasteiger partial charge is 0.472 e. The maximum absolute atomic E-state index is 14.3. The maximum atomic E-state index is 14.3. The van der Waals surface area contributed by atoms with Gasteiger partial charge in [0.2, 0.25) is 5.60 Å². The Morgan fingerprint density at radius 2 is 1.57 bits per heavy atom. The number of hydrogen-bond acceptors (Lipinski definition) is 12. The van der Waals surface area contributed by atoms with E-state index in [1.165, 1.54) is 94.0 Å². The number of benzene rings is 1. The van der Waals surface area contributed by atoms with Gasteiger partial charge in [0.05, 0.1) is 23.9 Å². The van der Waals surface area contributed by atoms with Crippen LogP contribution in [0.25, 0.3) is 5.52 Å². The molecule has 2 aliphatic rings. The Morgan fingerprint density at radius 3 is 2.19 bits per heavy atom. The van der Waals surface area contributed by atoms with E-state index in [-0.39, 0.29) is 23.7 Å².